The molecule has 4 nitrogen and oxygen atoms in total. The molecule has 82 valence electrons. The molecule has 0 saturated heterocycles. The van der Waals surface area contributed by atoms with Crippen LogP contribution < -0.4 is 10.2 Å². The molecule has 0 aliphatic heterocycles. The Hall–Kier alpha value is -1.79. The molecule has 1 aromatic heterocycles. The quantitative estimate of drug-likeness (QED) is 0.767. The second-order valence-corrected chi connectivity index (χ2v) is 2.70. The molecule has 0 aliphatic rings. The molecule has 0 radical (unpaired) electrons. The van der Waals surface area contributed by atoms with E-state index in [0.717, 1.165) is 0 Å². The van der Waals surface area contributed by atoms with Gasteiger partial charge in [0.15, 0.2) is 11.7 Å². The second kappa shape index (κ2) is 3.76. The van der Waals surface area contributed by atoms with Crippen LogP contribution in [0, 0.1) is 6.92 Å². The van der Waals surface area contributed by atoms with Gasteiger partial charge in [-0.05, 0) is 6.92 Å². The number of rotatable bonds is 2. The number of nitrogens with one attached hydrogen (secondary N) is 1. The van der Waals surface area contributed by atoms with E-state index in [1.807, 2.05) is 4.98 Å². The van der Waals surface area contributed by atoms with Crippen LogP contribution in [0.5, 0.6) is 5.88 Å². The Morgan fingerprint density at radius 3 is 2.53 bits per heavy atom. The Labute approximate surface area is 81.7 Å². The van der Waals surface area contributed by atoms with E-state index in [2.05, 4.69) is 4.74 Å². The Morgan fingerprint density at radius 2 is 2.07 bits per heavy atom. The number of hydrogen-bond acceptors (Lipinski definition) is 3. The number of halogens is 3. The summed E-state index contributed by atoms with van der Waals surface area (Å²) in [5, 5.41) is 0. The van der Waals surface area contributed by atoms with Crippen LogP contribution in [-0.4, -0.2) is 17.6 Å². The van der Waals surface area contributed by atoms with Crippen molar-refractivity contribution < 1.29 is 22.7 Å². The van der Waals surface area contributed by atoms with Gasteiger partial charge in [0.25, 0.3) is 0 Å². The first-order valence-corrected chi connectivity index (χ1v) is 3.78. The molecule has 7 heteroatoms. The molecule has 1 N–H and O–H groups in total. The van der Waals surface area contributed by atoms with Crippen LogP contribution in [0.3, 0.4) is 0 Å². The summed E-state index contributed by atoms with van der Waals surface area (Å²) in [5.41, 5.74) is -0.892. The van der Waals surface area contributed by atoms with Gasteiger partial charge in [-0.3, -0.25) is 9.59 Å². The summed E-state index contributed by atoms with van der Waals surface area (Å²) in [4.78, 5) is 23.5. The van der Waals surface area contributed by atoms with Crippen molar-refractivity contribution in [2.75, 3.05) is 0 Å². The molecule has 1 rings (SSSR count). The number of hydrogen-bond donors (Lipinski definition) is 1. The number of aromatic amines is 1. The summed E-state index contributed by atoms with van der Waals surface area (Å²) in [6, 6.07) is 0.635. The molecule has 0 amide bonds. The average molecular weight is 221 g/mol. The van der Waals surface area contributed by atoms with E-state index in [9.17, 15) is 22.8 Å². The van der Waals surface area contributed by atoms with Crippen LogP contribution in [0.4, 0.5) is 13.2 Å². The minimum atomic E-state index is -4.90. The number of alkyl halides is 3. The lowest BCUT2D eigenvalue weighted by Crippen LogP contribution is -2.20. The van der Waals surface area contributed by atoms with E-state index in [1.54, 1.807) is 0 Å². The minimum Gasteiger partial charge on any atom is -0.390 e. The predicted octanol–water partition coefficient (Wildman–Crippen LogP) is 1.39. The highest BCUT2D eigenvalue weighted by atomic mass is 19.4. The summed E-state index contributed by atoms with van der Waals surface area (Å²) < 4.78 is 38.8. The van der Waals surface area contributed by atoms with E-state index in [4.69, 9.17) is 0 Å². The van der Waals surface area contributed by atoms with Gasteiger partial charge in [0.2, 0.25) is 5.88 Å². The summed E-state index contributed by atoms with van der Waals surface area (Å²) in [5.74, 6) is -0.805. The summed E-state index contributed by atoms with van der Waals surface area (Å²) >= 11 is 0. The molecular formula is C8H6F3NO3. The van der Waals surface area contributed by atoms with Crippen molar-refractivity contribution in [2.45, 2.75) is 13.3 Å². The molecule has 0 aliphatic carbocycles. The number of aldehydes is 1. The van der Waals surface area contributed by atoms with Gasteiger partial charge < -0.3 is 9.72 Å². The van der Waals surface area contributed by atoms with Crippen molar-refractivity contribution in [3.63, 3.8) is 0 Å². The zero-order chi connectivity index (χ0) is 11.6. The summed E-state index contributed by atoms with van der Waals surface area (Å²) in [6.07, 6.45) is -4.65. The molecule has 0 bridgehead atoms. The van der Waals surface area contributed by atoms with Crippen molar-refractivity contribution >= 4 is 6.29 Å². The molecule has 0 aromatic carbocycles. The maximum absolute atomic E-state index is 11.8. The molecule has 0 spiro atoms. The molecule has 15 heavy (non-hydrogen) atoms. The lowest BCUT2D eigenvalue weighted by atomic mass is 10.2. The summed E-state index contributed by atoms with van der Waals surface area (Å²) in [6.45, 7) is 1.32. The van der Waals surface area contributed by atoms with Gasteiger partial charge in [0.05, 0.1) is 5.69 Å². The fraction of sp³-hybridized carbons (Fsp3) is 0.250. The van der Waals surface area contributed by atoms with E-state index in [-0.39, 0.29) is 17.5 Å². The third kappa shape index (κ3) is 2.83. The normalized spacial score (nSPS) is 11.2. The standard InChI is InChI=1S/C8H6F3NO3/c1-4-5(3-13)12-7(2-6(4)14)15-8(9,10)11/h2-3H,1H3,(H,12,14). The van der Waals surface area contributed by atoms with Crippen LogP contribution in [0.25, 0.3) is 0 Å². The van der Waals surface area contributed by atoms with Crippen LogP contribution in [0.2, 0.25) is 0 Å². The SMILES string of the molecule is Cc1c(C=O)[nH]c(OC(F)(F)F)cc1=O. The lowest BCUT2D eigenvalue weighted by Gasteiger charge is -2.09. The third-order valence-electron chi connectivity index (χ3n) is 1.64. The Balaban J connectivity index is 3.18. The largest absolute Gasteiger partial charge is 0.574 e. The molecule has 0 saturated carbocycles. The highest BCUT2D eigenvalue weighted by Gasteiger charge is 2.31. The molecule has 1 aromatic rings. The van der Waals surface area contributed by atoms with Crippen LogP contribution in [0.15, 0.2) is 10.9 Å². The number of pyridine rings is 1. The van der Waals surface area contributed by atoms with Gasteiger partial charge >= 0.3 is 6.36 Å². The average Bonchev–Trinajstić information content (AvgIpc) is 2.08. The smallest absolute Gasteiger partial charge is 0.390 e. The van der Waals surface area contributed by atoms with E-state index in [1.165, 1.54) is 6.92 Å². The number of carbonyl (C=O) groups excluding carboxylic acids is 1. The first-order valence-electron chi connectivity index (χ1n) is 3.78. The van der Waals surface area contributed by atoms with Crippen molar-refractivity contribution in [3.05, 3.63) is 27.5 Å². The second-order valence-electron chi connectivity index (χ2n) is 2.70. The molecule has 0 unspecified atom stereocenters. The van der Waals surface area contributed by atoms with Crippen molar-refractivity contribution in [3.8, 4) is 5.88 Å². The van der Waals surface area contributed by atoms with Gasteiger partial charge in [-0.15, -0.1) is 13.2 Å². The zero-order valence-electron chi connectivity index (χ0n) is 7.51. The zero-order valence-corrected chi connectivity index (χ0v) is 7.51. The van der Waals surface area contributed by atoms with E-state index < -0.39 is 17.7 Å². The fourth-order valence-corrected chi connectivity index (χ4v) is 0.920. The molecule has 1 heterocycles. The van der Waals surface area contributed by atoms with Crippen LogP contribution >= 0.6 is 0 Å². The van der Waals surface area contributed by atoms with E-state index in [0.29, 0.717) is 6.07 Å². The van der Waals surface area contributed by atoms with Gasteiger partial charge in [-0.1, -0.05) is 0 Å². The van der Waals surface area contributed by atoms with Crippen molar-refractivity contribution in [2.24, 2.45) is 0 Å². The van der Waals surface area contributed by atoms with Gasteiger partial charge in [-0.2, -0.15) is 0 Å². The van der Waals surface area contributed by atoms with E-state index >= 15 is 0 Å². The lowest BCUT2D eigenvalue weighted by molar-refractivity contribution is -0.276. The minimum absolute atomic E-state index is 0.0412. The number of H-pyrrole nitrogens is 1. The van der Waals surface area contributed by atoms with Gasteiger partial charge in [0, 0.05) is 11.6 Å². The topological polar surface area (TPSA) is 59.2 Å². The highest BCUT2D eigenvalue weighted by molar-refractivity contribution is 5.74. The number of carbonyl (C=O) groups is 1. The fourth-order valence-electron chi connectivity index (χ4n) is 0.920. The number of aromatic nitrogens is 1. The van der Waals surface area contributed by atoms with Crippen LogP contribution in [0.1, 0.15) is 16.1 Å². The highest BCUT2D eigenvalue weighted by Crippen LogP contribution is 2.19. The van der Waals surface area contributed by atoms with Crippen molar-refractivity contribution in [1.29, 1.82) is 0 Å². The maximum atomic E-state index is 11.8. The summed E-state index contributed by atoms with van der Waals surface area (Å²) in [7, 11) is 0. The Bertz CT molecular complexity index is 436. The predicted molar refractivity (Wildman–Crippen MR) is 43.9 cm³/mol. The maximum Gasteiger partial charge on any atom is 0.574 e. The number of ether oxygens (including phenoxy) is 1. The van der Waals surface area contributed by atoms with Gasteiger partial charge in [0.1, 0.15) is 0 Å². The van der Waals surface area contributed by atoms with Crippen molar-refractivity contribution in [1.82, 2.24) is 4.98 Å². The monoisotopic (exact) mass is 221 g/mol. The third-order valence-corrected chi connectivity index (χ3v) is 1.64. The van der Waals surface area contributed by atoms with Crippen LogP contribution in [-0.2, 0) is 0 Å². The molecule has 0 fully saturated rings. The Kier molecular flexibility index (Phi) is 2.83. The Morgan fingerprint density at radius 1 is 1.47 bits per heavy atom. The molecule has 0 atom stereocenters. The van der Waals surface area contributed by atoms with Gasteiger partial charge in [-0.25, -0.2) is 0 Å². The first-order chi connectivity index (χ1) is 6.83. The first kappa shape index (κ1) is 11.3. The molecular weight excluding hydrogens is 215 g/mol.